The summed E-state index contributed by atoms with van der Waals surface area (Å²) in [5, 5.41) is 12.9. The highest BCUT2D eigenvalue weighted by Gasteiger charge is 2.37. The van der Waals surface area contributed by atoms with Crippen molar-refractivity contribution < 1.29 is 27.1 Å². The molecule has 1 saturated carbocycles. The number of nitrogens with zero attached hydrogens (tertiary/aromatic N) is 2. The van der Waals surface area contributed by atoms with E-state index in [0.717, 1.165) is 0 Å². The molecule has 0 aliphatic heterocycles. The van der Waals surface area contributed by atoms with Crippen molar-refractivity contribution >= 4 is 15.7 Å². The lowest BCUT2D eigenvalue weighted by atomic mass is 9.84. The highest BCUT2D eigenvalue weighted by Crippen LogP contribution is 2.31. The molecule has 2 aromatic rings. The molecule has 1 aliphatic carbocycles. The van der Waals surface area contributed by atoms with Gasteiger partial charge in [-0.15, -0.1) is 0 Å². The van der Waals surface area contributed by atoms with Gasteiger partial charge in [0.1, 0.15) is 27.0 Å². The number of benzene rings is 1. The molecule has 0 spiro atoms. The molecule has 0 bridgehead atoms. The monoisotopic (exact) mass is 497 g/mol. The molecule has 1 fully saturated rings. The molecule has 1 aromatic heterocycles. The molecule has 1 heterocycles. The summed E-state index contributed by atoms with van der Waals surface area (Å²) in [5.74, 6) is -1.47. The third kappa shape index (κ3) is 6.02. The normalized spacial score (nSPS) is 21.1. The Hall–Kier alpha value is -2.33. The van der Waals surface area contributed by atoms with E-state index in [1.807, 2.05) is 13.8 Å². The lowest BCUT2D eigenvalue weighted by molar-refractivity contribution is 0.00607. The number of aliphatic hydroxyl groups is 1. The van der Waals surface area contributed by atoms with E-state index in [1.165, 1.54) is 29.2 Å². The largest absolute Gasteiger partial charge is 0.388 e. The first kappa shape index (κ1) is 26.3. The second-order valence-electron chi connectivity index (χ2n) is 9.71. The first-order valence-corrected chi connectivity index (χ1v) is 13.5. The smallest absolute Gasteiger partial charge is 0.271 e. The maximum atomic E-state index is 14.9. The lowest BCUT2D eigenvalue weighted by Gasteiger charge is -2.35. The molecule has 3 rings (SSSR count). The summed E-state index contributed by atoms with van der Waals surface area (Å²) in [6, 6.07) is 2.61. The second-order valence-corrected chi connectivity index (χ2v) is 12.0. The number of rotatable bonds is 8. The van der Waals surface area contributed by atoms with Crippen molar-refractivity contribution in [2.45, 2.75) is 70.1 Å². The molecule has 10 heteroatoms. The molecule has 0 unspecified atom stereocenters. The molecule has 0 saturated heterocycles. The van der Waals surface area contributed by atoms with Gasteiger partial charge in [0.25, 0.3) is 5.91 Å². The van der Waals surface area contributed by atoms with Crippen LogP contribution in [0.1, 0.15) is 68.3 Å². The highest BCUT2D eigenvalue weighted by atomic mass is 32.2. The van der Waals surface area contributed by atoms with Crippen molar-refractivity contribution in [3.8, 4) is 5.69 Å². The van der Waals surface area contributed by atoms with E-state index in [0.29, 0.717) is 37.1 Å². The van der Waals surface area contributed by atoms with Crippen LogP contribution in [0.3, 0.4) is 0 Å². The SMILES string of the molecule is CCc1nc(C(=O)NC[C@]2(O)CC[C@@H](S(C)(=O)=O)CC2)cn1-c1c(F)cc(CC(C)C)cc1F. The summed E-state index contributed by atoms with van der Waals surface area (Å²) in [5.41, 5.74) is -0.954. The van der Waals surface area contributed by atoms with Crippen molar-refractivity contribution in [3.05, 3.63) is 47.0 Å². The summed E-state index contributed by atoms with van der Waals surface area (Å²) < 4.78 is 54.4. The number of sulfone groups is 1. The Balaban J connectivity index is 1.75. The van der Waals surface area contributed by atoms with Crippen LogP contribution in [0, 0.1) is 17.6 Å². The summed E-state index contributed by atoms with van der Waals surface area (Å²) >= 11 is 0. The van der Waals surface area contributed by atoms with Gasteiger partial charge in [0, 0.05) is 25.4 Å². The van der Waals surface area contributed by atoms with Crippen LogP contribution >= 0.6 is 0 Å². The fourth-order valence-electron chi connectivity index (χ4n) is 4.48. The molecule has 0 radical (unpaired) electrons. The second kappa shape index (κ2) is 10.1. The van der Waals surface area contributed by atoms with E-state index in [-0.39, 0.29) is 36.7 Å². The quantitative estimate of drug-likeness (QED) is 0.583. The van der Waals surface area contributed by atoms with Crippen LogP contribution in [-0.2, 0) is 22.7 Å². The van der Waals surface area contributed by atoms with E-state index in [4.69, 9.17) is 0 Å². The number of nitrogens with one attached hydrogen (secondary N) is 1. The van der Waals surface area contributed by atoms with E-state index in [2.05, 4.69) is 10.3 Å². The van der Waals surface area contributed by atoms with Crippen LogP contribution in [0.4, 0.5) is 8.78 Å². The van der Waals surface area contributed by atoms with Gasteiger partial charge in [-0.05, 0) is 55.7 Å². The first-order valence-electron chi connectivity index (χ1n) is 11.6. The minimum absolute atomic E-state index is 0.0182. The highest BCUT2D eigenvalue weighted by molar-refractivity contribution is 7.91. The van der Waals surface area contributed by atoms with Crippen molar-refractivity contribution in [3.63, 3.8) is 0 Å². The average molecular weight is 498 g/mol. The zero-order valence-electron chi connectivity index (χ0n) is 20.1. The fourth-order valence-corrected chi connectivity index (χ4v) is 5.57. The lowest BCUT2D eigenvalue weighted by Crippen LogP contribution is -2.47. The Morgan fingerprint density at radius 1 is 1.26 bits per heavy atom. The Bertz CT molecular complexity index is 1130. The first-order chi connectivity index (χ1) is 15.8. The topological polar surface area (TPSA) is 101 Å². The van der Waals surface area contributed by atoms with Crippen LogP contribution in [-0.4, -0.2) is 52.6 Å². The van der Waals surface area contributed by atoms with E-state index < -0.39 is 38.2 Å². The number of amides is 1. The van der Waals surface area contributed by atoms with Gasteiger partial charge in [-0.3, -0.25) is 9.36 Å². The average Bonchev–Trinajstić information content (AvgIpc) is 3.15. The van der Waals surface area contributed by atoms with Crippen molar-refractivity contribution in [2.75, 3.05) is 12.8 Å². The van der Waals surface area contributed by atoms with E-state index >= 15 is 0 Å². The third-order valence-corrected chi connectivity index (χ3v) is 8.02. The minimum Gasteiger partial charge on any atom is -0.388 e. The Morgan fingerprint density at radius 3 is 2.35 bits per heavy atom. The Kier molecular flexibility index (Phi) is 7.82. The Morgan fingerprint density at radius 2 is 1.85 bits per heavy atom. The van der Waals surface area contributed by atoms with Crippen LogP contribution in [0.2, 0.25) is 0 Å². The zero-order valence-corrected chi connectivity index (χ0v) is 20.9. The Labute approximate surface area is 199 Å². The number of carbonyl (C=O) groups excluding carboxylic acids is 1. The van der Waals surface area contributed by atoms with Crippen LogP contribution in [0.5, 0.6) is 0 Å². The summed E-state index contributed by atoms with van der Waals surface area (Å²) in [6.45, 7) is 5.64. The molecular formula is C24H33F2N3O4S. The van der Waals surface area contributed by atoms with Crippen LogP contribution in [0.15, 0.2) is 18.3 Å². The zero-order chi connectivity index (χ0) is 25.3. The van der Waals surface area contributed by atoms with Gasteiger partial charge in [-0.2, -0.15) is 0 Å². The minimum atomic E-state index is -3.17. The maximum absolute atomic E-state index is 14.9. The maximum Gasteiger partial charge on any atom is 0.271 e. The van der Waals surface area contributed by atoms with E-state index in [9.17, 15) is 27.1 Å². The van der Waals surface area contributed by atoms with Gasteiger partial charge >= 0.3 is 0 Å². The summed E-state index contributed by atoms with van der Waals surface area (Å²) in [7, 11) is -3.17. The van der Waals surface area contributed by atoms with E-state index in [1.54, 1.807) is 6.92 Å². The molecule has 0 atom stereocenters. The van der Waals surface area contributed by atoms with Crippen molar-refractivity contribution in [2.24, 2.45) is 5.92 Å². The van der Waals surface area contributed by atoms with Gasteiger partial charge < -0.3 is 10.4 Å². The number of aromatic nitrogens is 2. The number of carbonyl (C=O) groups is 1. The number of halogens is 2. The number of hydrogen-bond acceptors (Lipinski definition) is 5. The van der Waals surface area contributed by atoms with Crippen molar-refractivity contribution in [1.82, 2.24) is 14.9 Å². The van der Waals surface area contributed by atoms with Gasteiger partial charge in [-0.1, -0.05) is 20.8 Å². The molecule has 34 heavy (non-hydrogen) atoms. The standard InChI is InChI=1S/C24H33F2N3O4S/c1-5-21-28-20(13-29(21)22-18(25)11-16(10-15(2)3)12-19(22)26)23(30)27-14-24(31)8-6-17(7-9-24)34(4,32)33/h11-13,15,17,31H,5-10,14H2,1-4H3,(H,27,30)/t17-,24+. The van der Waals surface area contributed by atoms with Crippen LogP contribution in [0.25, 0.3) is 5.69 Å². The molecule has 1 aromatic carbocycles. The molecule has 2 N–H and O–H groups in total. The number of aryl methyl sites for hydroxylation is 1. The third-order valence-electron chi connectivity index (χ3n) is 6.34. The van der Waals surface area contributed by atoms with Gasteiger partial charge in [0.05, 0.1) is 10.9 Å². The van der Waals surface area contributed by atoms with Crippen molar-refractivity contribution in [1.29, 1.82) is 0 Å². The molecule has 188 valence electrons. The van der Waals surface area contributed by atoms with Gasteiger partial charge in [0.15, 0.2) is 11.6 Å². The molecule has 7 nitrogen and oxygen atoms in total. The van der Waals surface area contributed by atoms with Crippen LogP contribution < -0.4 is 5.32 Å². The number of hydrogen-bond donors (Lipinski definition) is 2. The number of imidazole rings is 1. The van der Waals surface area contributed by atoms with Gasteiger partial charge in [-0.25, -0.2) is 22.2 Å². The summed E-state index contributed by atoms with van der Waals surface area (Å²) in [4.78, 5) is 17.0. The van der Waals surface area contributed by atoms with Gasteiger partial charge in [0.2, 0.25) is 0 Å². The fraction of sp³-hybridized carbons (Fsp3) is 0.583. The molecule has 1 aliphatic rings. The molecule has 1 amide bonds. The molecular weight excluding hydrogens is 464 g/mol. The summed E-state index contributed by atoms with van der Waals surface area (Å²) in [6.07, 6.45) is 4.52. The predicted molar refractivity (Wildman–Crippen MR) is 126 cm³/mol. The predicted octanol–water partition coefficient (Wildman–Crippen LogP) is 3.36.